The molecule has 174 valence electrons. The lowest BCUT2D eigenvalue weighted by Crippen LogP contribution is -2.32. The third kappa shape index (κ3) is 5.34. The van der Waals surface area contributed by atoms with Crippen molar-refractivity contribution >= 4 is 39.8 Å². The summed E-state index contributed by atoms with van der Waals surface area (Å²) in [7, 11) is 1.28. The van der Waals surface area contributed by atoms with Crippen molar-refractivity contribution in [2.45, 2.75) is 38.6 Å². The Labute approximate surface area is 199 Å². The number of rotatable bonds is 6. The summed E-state index contributed by atoms with van der Waals surface area (Å²) in [4.78, 5) is 37.8. The molecule has 34 heavy (non-hydrogen) atoms. The summed E-state index contributed by atoms with van der Waals surface area (Å²) in [6.07, 6.45) is 5.63. The van der Waals surface area contributed by atoms with E-state index >= 15 is 0 Å². The number of carbonyl (C=O) groups is 3. The molecule has 0 radical (unpaired) electrons. The van der Waals surface area contributed by atoms with E-state index in [1.165, 1.54) is 25.3 Å². The molecule has 6 heteroatoms. The van der Waals surface area contributed by atoms with Gasteiger partial charge in [-0.3, -0.25) is 9.59 Å². The van der Waals surface area contributed by atoms with Gasteiger partial charge in [0.25, 0.3) is 5.91 Å². The number of ether oxygens (including phenoxy) is 1. The number of anilines is 1. The number of methoxy groups -OCH3 is 1. The SMILES string of the molecule is COC(=O)c1ccc(C(=O)NC2CCCC2)cc1NC(=O)/C=C(/C)c1ccc2ccccc2c1. The van der Waals surface area contributed by atoms with Gasteiger partial charge in [0.15, 0.2) is 0 Å². The molecule has 2 amide bonds. The average molecular weight is 457 g/mol. The number of nitrogens with one attached hydrogen (secondary N) is 2. The normalized spacial score (nSPS) is 14.1. The Bertz CT molecular complexity index is 1270. The van der Waals surface area contributed by atoms with Crippen molar-refractivity contribution in [3.05, 3.63) is 83.4 Å². The van der Waals surface area contributed by atoms with Crippen LogP contribution in [0.2, 0.25) is 0 Å². The van der Waals surface area contributed by atoms with E-state index in [9.17, 15) is 14.4 Å². The lowest BCUT2D eigenvalue weighted by atomic mass is 10.0. The largest absolute Gasteiger partial charge is 0.465 e. The van der Waals surface area contributed by atoms with Crippen LogP contribution >= 0.6 is 0 Å². The smallest absolute Gasteiger partial charge is 0.339 e. The van der Waals surface area contributed by atoms with Crippen molar-refractivity contribution in [3.63, 3.8) is 0 Å². The van der Waals surface area contributed by atoms with E-state index in [1.54, 1.807) is 6.07 Å². The van der Waals surface area contributed by atoms with Gasteiger partial charge in [0.2, 0.25) is 5.91 Å². The molecule has 1 fully saturated rings. The molecule has 3 aromatic carbocycles. The van der Waals surface area contributed by atoms with Gasteiger partial charge in [-0.25, -0.2) is 4.79 Å². The lowest BCUT2D eigenvalue weighted by Gasteiger charge is -2.14. The Balaban J connectivity index is 1.56. The Morgan fingerprint density at radius 2 is 1.62 bits per heavy atom. The van der Waals surface area contributed by atoms with Crippen LogP contribution in [0.1, 0.15) is 58.9 Å². The average Bonchev–Trinajstić information content (AvgIpc) is 3.36. The van der Waals surface area contributed by atoms with Crippen LogP contribution in [0.3, 0.4) is 0 Å². The quantitative estimate of drug-likeness (QED) is 0.387. The number of hydrogen-bond acceptors (Lipinski definition) is 4. The third-order valence-electron chi connectivity index (χ3n) is 6.19. The van der Waals surface area contributed by atoms with Crippen molar-refractivity contribution < 1.29 is 19.1 Å². The first-order valence-corrected chi connectivity index (χ1v) is 11.5. The van der Waals surface area contributed by atoms with E-state index in [2.05, 4.69) is 10.6 Å². The Hall–Kier alpha value is -3.93. The van der Waals surface area contributed by atoms with Crippen molar-refractivity contribution in [1.29, 1.82) is 0 Å². The zero-order valence-electron chi connectivity index (χ0n) is 19.4. The Morgan fingerprint density at radius 3 is 2.35 bits per heavy atom. The summed E-state index contributed by atoms with van der Waals surface area (Å²) >= 11 is 0. The van der Waals surface area contributed by atoms with Gasteiger partial charge < -0.3 is 15.4 Å². The lowest BCUT2D eigenvalue weighted by molar-refractivity contribution is -0.111. The fourth-order valence-electron chi connectivity index (χ4n) is 4.30. The second-order valence-corrected chi connectivity index (χ2v) is 8.59. The van der Waals surface area contributed by atoms with Crippen molar-refractivity contribution in [3.8, 4) is 0 Å². The fourth-order valence-corrected chi connectivity index (χ4v) is 4.30. The summed E-state index contributed by atoms with van der Waals surface area (Å²) in [6, 6.07) is 18.8. The van der Waals surface area contributed by atoms with Gasteiger partial charge in [-0.1, -0.05) is 49.2 Å². The molecule has 0 spiro atoms. The maximum Gasteiger partial charge on any atom is 0.339 e. The van der Waals surface area contributed by atoms with E-state index in [-0.39, 0.29) is 23.2 Å². The van der Waals surface area contributed by atoms with Crippen LogP contribution in [-0.4, -0.2) is 30.9 Å². The minimum atomic E-state index is -0.590. The molecule has 0 unspecified atom stereocenters. The molecule has 3 aromatic rings. The maximum absolute atomic E-state index is 12.8. The van der Waals surface area contributed by atoms with E-state index < -0.39 is 11.9 Å². The molecular formula is C28H28N2O4. The zero-order valence-corrected chi connectivity index (χ0v) is 19.4. The fraction of sp³-hybridized carbons (Fsp3) is 0.250. The highest BCUT2D eigenvalue weighted by atomic mass is 16.5. The van der Waals surface area contributed by atoms with Crippen molar-refractivity contribution in [2.75, 3.05) is 12.4 Å². The van der Waals surface area contributed by atoms with E-state index in [1.807, 2.05) is 49.4 Å². The molecule has 0 aliphatic heterocycles. The van der Waals surface area contributed by atoms with Gasteiger partial charge in [0.1, 0.15) is 0 Å². The van der Waals surface area contributed by atoms with E-state index in [0.717, 1.165) is 47.6 Å². The first-order chi connectivity index (χ1) is 16.4. The van der Waals surface area contributed by atoms with Crippen LogP contribution in [0.4, 0.5) is 5.69 Å². The van der Waals surface area contributed by atoms with Gasteiger partial charge in [0, 0.05) is 17.7 Å². The third-order valence-corrected chi connectivity index (χ3v) is 6.19. The van der Waals surface area contributed by atoms with Crippen LogP contribution in [0.15, 0.2) is 66.7 Å². The zero-order chi connectivity index (χ0) is 24.1. The summed E-state index contributed by atoms with van der Waals surface area (Å²) in [5.41, 5.74) is 2.50. The molecule has 0 aromatic heterocycles. The summed E-state index contributed by atoms with van der Waals surface area (Å²) in [6.45, 7) is 1.86. The molecule has 4 rings (SSSR count). The predicted octanol–water partition coefficient (Wildman–Crippen LogP) is 5.34. The molecule has 0 bridgehead atoms. The number of fused-ring (bicyclic) bond motifs is 1. The molecule has 1 aliphatic rings. The van der Waals surface area contributed by atoms with Gasteiger partial charge in [0.05, 0.1) is 18.4 Å². The van der Waals surface area contributed by atoms with Gasteiger partial charge in [-0.05, 0) is 65.9 Å². The van der Waals surface area contributed by atoms with Crippen LogP contribution in [0, 0.1) is 0 Å². The highest BCUT2D eigenvalue weighted by Crippen LogP contribution is 2.23. The molecule has 0 heterocycles. The number of amides is 2. The number of esters is 1. The molecule has 2 N–H and O–H groups in total. The number of hydrogen-bond donors (Lipinski definition) is 2. The molecule has 0 saturated heterocycles. The molecule has 1 aliphatic carbocycles. The second-order valence-electron chi connectivity index (χ2n) is 8.59. The van der Waals surface area contributed by atoms with E-state index in [0.29, 0.717) is 5.56 Å². The molecular weight excluding hydrogens is 428 g/mol. The first-order valence-electron chi connectivity index (χ1n) is 11.5. The van der Waals surface area contributed by atoms with E-state index in [4.69, 9.17) is 4.74 Å². The maximum atomic E-state index is 12.8. The minimum absolute atomic E-state index is 0.165. The van der Waals surface area contributed by atoms with Crippen molar-refractivity contribution in [1.82, 2.24) is 5.32 Å². The minimum Gasteiger partial charge on any atom is -0.465 e. The number of carbonyl (C=O) groups excluding carboxylic acids is 3. The standard InChI is InChI=1S/C28H28N2O4/c1-18(20-12-11-19-7-3-4-8-21(19)16-20)15-26(31)30-25-17-22(13-14-24(25)28(33)34-2)27(32)29-23-9-5-6-10-23/h3-4,7-8,11-17,23H,5-6,9-10H2,1-2H3,(H,29,32)(H,30,31)/b18-15-. The first kappa shape index (κ1) is 23.2. The Morgan fingerprint density at radius 1 is 0.912 bits per heavy atom. The van der Waals surface area contributed by atoms with Crippen LogP contribution in [0.25, 0.3) is 16.3 Å². The highest BCUT2D eigenvalue weighted by Gasteiger charge is 2.20. The van der Waals surface area contributed by atoms with Crippen molar-refractivity contribution in [2.24, 2.45) is 0 Å². The van der Waals surface area contributed by atoms with Crippen LogP contribution in [0.5, 0.6) is 0 Å². The predicted molar refractivity (Wildman–Crippen MR) is 134 cm³/mol. The Kier molecular flexibility index (Phi) is 7.07. The summed E-state index contributed by atoms with van der Waals surface area (Å²) in [5, 5.41) is 7.99. The second kappa shape index (κ2) is 10.3. The summed E-state index contributed by atoms with van der Waals surface area (Å²) in [5.74, 6) is -1.21. The monoisotopic (exact) mass is 456 g/mol. The van der Waals surface area contributed by atoms with Gasteiger partial charge >= 0.3 is 5.97 Å². The number of benzene rings is 3. The summed E-state index contributed by atoms with van der Waals surface area (Å²) < 4.78 is 4.85. The molecule has 1 saturated carbocycles. The molecule has 6 nitrogen and oxygen atoms in total. The van der Waals surface area contributed by atoms with Crippen LogP contribution in [-0.2, 0) is 9.53 Å². The van der Waals surface area contributed by atoms with Crippen LogP contribution < -0.4 is 10.6 Å². The molecule has 0 atom stereocenters. The number of allylic oxidation sites excluding steroid dienone is 1. The topological polar surface area (TPSA) is 84.5 Å². The van der Waals surface area contributed by atoms with Gasteiger partial charge in [-0.15, -0.1) is 0 Å². The van der Waals surface area contributed by atoms with Gasteiger partial charge in [-0.2, -0.15) is 0 Å². The highest BCUT2D eigenvalue weighted by molar-refractivity contribution is 6.09.